The first-order valence-corrected chi connectivity index (χ1v) is 10.5. The minimum atomic E-state index is -0.381. The summed E-state index contributed by atoms with van der Waals surface area (Å²) in [4.78, 5) is 29.7. The summed E-state index contributed by atoms with van der Waals surface area (Å²) in [5.74, 6) is -0.600. The topological polar surface area (TPSA) is 72.9 Å². The molecule has 0 bridgehead atoms. The molecule has 2 N–H and O–H groups in total. The Balaban J connectivity index is 1.46. The summed E-state index contributed by atoms with van der Waals surface area (Å²) in [5.41, 5.74) is 2.70. The predicted molar refractivity (Wildman–Crippen MR) is 119 cm³/mol. The Kier molecular flexibility index (Phi) is 5.11. The highest BCUT2D eigenvalue weighted by molar-refractivity contribution is 6.03. The number of amides is 3. The first kappa shape index (κ1) is 20.2. The largest absolute Gasteiger partial charge is 0.394 e. The van der Waals surface area contributed by atoms with E-state index in [4.69, 9.17) is 0 Å². The molecular formula is C25H22FN3O3. The van der Waals surface area contributed by atoms with Gasteiger partial charge in [0.25, 0.3) is 5.91 Å². The number of carbonyl (C=O) groups is 2. The fourth-order valence-corrected chi connectivity index (χ4v) is 4.81. The number of anilines is 2. The fourth-order valence-electron chi connectivity index (χ4n) is 4.81. The van der Waals surface area contributed by atoms with Gasteiger partial charge in [0, 0.05) is 29.4 Å². The smallest absolute Gasteiger partial charge is 0.326 e. The van der Waals surface area contributed by atoms with Gasteiger partial charge in [-0.05, 0) is 48.0 Å². The van der Waals surface area contributed by atoms with Crippen LogP contribution in [0.5, 0.6) is 0 Å². The Hall–Kier alpha value is -3.71. The third-order valence-corrected chi connectivity index (χ3v) is 6.28. The van der Waals surface area contributed by atoms with Gasteiger partial charge in [0.05, 0.1) is 18.7 Å². The quantitative estimate of drug-likeness (QED) is 0.662. The molecule has 2 aliphatic heterocycles. The van der Waals surface area contributed by atoms with Crippen molar-refractivity contribution in [2.24, 2.45) is 0 Å². The average molecular weight is 431 g/mol. The molecule has 6 nitrogen and oxygen atoms in total. The lowest BCUT2D eigenvalue weighted by Crippen LogP contribution is -2.71. The van der Waals surface area contributed by atoms with Crippen LogP contribution in [0.25, 0.3) is 0 Å². The molecular weight excluding hydrogens is 409 g/mol. The van der Waals surface area contributed by atoms with Crippen LogP contribution < -0.4 is 10.2 Å². The van der Waals surface area contributed by atoms with Gasteiger partial charge in [-0.2, -0.15) is 0 Å². The van der Waals surface area contributed by atoms with Crippen molar-refractivity contribution in [3.05, 3.63) is 95.8 Å². The van der Waals surface area contributed by atoms with E-state index in [1.165, 1.54) is 24.3 Å². The standard InChI is InChI=1S/C25H22FN3O3/c26-17-10-12-18(13-11-17)27-25(32)28-14-21-23(19-8-4-5-9-20(19)28)22(15-30)29(21)24(31)16-6-2-1-3-7-16/h1-13,21-23,30H,14-15H2,(H,27,32)/t21-,22-,23+/m0/s1. The summed E-state index contributed by atoms with van der Waals surface area (Å²) < 4.78 is 13.2. The van der Waals surface area contributed by atoms with Crippen molar-refractivity contribution in [3.8, 4) is 0 Å². The molecule has 5 rings (SSSR count). The van der Waals surface area contributed by atoms with Crippen molar-refractivity contribution in [3.63, 3.8) is 0 Å². The molecule has 3 aromatic rings. The number of aliphatic hydroxyl groups is 1. The second-order valence-corrected chi connectivity index (χ2v) is 8.03. The van der Waals surface area contributed by atoms with E-state index in [9.17, 15) is 19.1 Å². The van der Waals surface area contributed by atoms with Crippen molar-refractivity contribution in [2.75, 3.05) is 23.4 Å². The number of aliphatic hydroxyl groups excluding tert-OH is 1. The second kappa shape index (κ2) is 8.09. The van der Waals surface area contributed by atoms with E-state index in [0.717, 1.165) is 11.3 Å². The van der Waals surface area contributed by atoms with E-state index in [1.54, 1.807) is 34.1 Å². The summed E-state index contributed by atoms with van der Waals surface area (Å²) in [7, 11) is 0. The lowest BCUT2D eigenvalue weighted by Gasteiger charge is -2.58. The lowest BCUT2D eigenvalue weighted by atomic mass is 9.71. The number of nitrogens with one attached hydrogen (secondary N) is 1. The van der Waals surface area contributed by atoms with E-state index < -0.39 is 0 Å². The van der Waals surface area contributed by atoms with E-state index in [0.29, 0.717) is 17.8 Å². The third-order valence-electron chi connectivity index (χ3n) is 6.28. The molecule has 0 spiro atoms. The first-order chi connectivity index (χ1) is 15.6. The maximum Gasteiger partial charge on any atom is 0.326 e. The van der Waals surface area contributed by atoms with Crippen LogP contribution in [0.3, 0.4) is 0 Å². The average Bonchev–Trinajstić information content (AvgIpc) is 2.81. The summed E-state index contributed by atoms with van der Waals surface area (Å²) in [6, 6.07) is 21.1. The van der Waals surface area contributed by atoms with Crippen molar-refractivity contribution in [2.45, 2.75) is 18.0 Å². The molecule has 1 saturated heterocycles. The van der Waals surface area contributed by atoms with Crippen molar-refractivity contribution < 1.29 is 19.1 Å². The lowest BCUT2D eigenvalue weighted by molar-refractivity contribution is -0.0241. The van der Waals surface area contributed by atoms with E-state index >= 15 is 0 Å². The zero-order valence-corrected chi connectivity index (χ0v) is 17.2. The monoisotopic (exact) mass is 431 g/mol. The number of carbonyl (C=O) groups excluding carboxylic acids is 2. The van der Waals surface area contributed by atoms with Crippen LogP contribution in [0, 0.1) is 5.82 Å². The van der Waals surface area contributed by atoms with Gasteiger partial charge < -0.3 is 15.3 Å². The normalized spacial score (nSPS) is 21.2. The first-order valence-electron chi connectivity index (χ1n) is 10.5. The number of likely N-dealkylation sites (tertiary alicyclic amines) is 1. The molecule has 32 heavy (non-hydrogen) atoms. The van der Waals surface area contributed by atoms with Crippen molar-refractivity contribution in [1.82, 2.24) is 4.90 Å². The van der Waals surface area contributed by atoms with Crippen LogP contribution in [0.15, 0.2) is 78.9 Å². The minimum absolute atomic E-state index is 0.0567. The van der Waals surface area contributed by atoms with E-state index in [-0.39, 0.29) is 42.4 Å². The van der Waals surface area contributed by atoms with Gasteiger partial charge in [0.2, 0.25) is 0 Å². The highest BCUT2D eigenvalue weighted by Crippen LogP contribution is 2.48. The maximum atomic E-state index is 13.2. The van der Waals surface area contributed by atoms with E-state index in [2.05, 4.69) is 5.32 Å². The molecule has 3 amide bonds. The number of urea groups is 1. The molecule has 0 unspecified atom stereocenters. The van der Waals surface area contributed by atoms with Crippen LogP contribution in [0.4, 0.5) is 20.6 Å². The number of benzene rings is 3. The Morgan fingerprint density at radius 2 is 1.66 bits per heavy atom. The molecule has 0 aliphatic carbocycles. The van der Waals surface area contributed by atoms with Gasteiger partial charge in [0.15, 0.2) is 0 Å². The molecule has 0 radical (unpaired) electrons. The molecule has 1 fully saturated rings. The predicted octanol–water partition coefficient (Wildman–Crippen LogP) is 3.85. The molecule has 0 saturated carbocycles. The van der Waals surface area contributed by atoms with Gasteiger partial charge in [0.1, 0.15) is 5.82 Å². The van der Waals surface area contributed by atoms with Gasteiger partial charge in [-0.3, -0.25) is 9.69 Å². The van der Waals surface area contributed by atoms with E-state index in [1.807, 2.05) is 30.3 Å². The van der Waals surface area contributed by atoms with Gasteiger partial charge in [-0.25, -0.2) is 9.18 Å². The fraction of sp³-hybridized carbons (Fsp3) is 0.200. The number of fused-ring (bicyclic) bond motifs is 3. The zero-order valence-electron chi connectivity index (χ0n) is 17.2. The highest BCUT2D eigenvalue weighted by atomic mass is 19.1. The molecule has 3 atom stereocenters. The highest BCUT2D eigenvalue weighted by Gasteiger charge is 2.55. The Labute approximate surface area is 184 Å². The van der Waals surface area contributed by atoms with Crippen molar-refractivity contribution in [1.29, 1.82) is 0 Å². The maximum absolute atomic E-state index is 13.2. The number of hydrogen-bond donors (Lipinski definition) is 2. The Morgan fingerprint density at radius 1 is 0.969 bits per heavy atom. The number of nitrogens with zero attached hydrogens (tertiary/aromatic N) is 2. The SMILES string of the molecule is O=C(Nc1ccc(F)cc1)N1C[C@H]2[C@@H](c3ccccc31)[C@H](CO)N2C(=O)c1ccccc1. The third kappa shape index (κ3) is 3.31. The number of hydrogen-bond acceptors (Lipinski definition) is 3. The Bertz CT molecular complexity index is 1150. The van der Waals surface area contributed by atoms with Crippen LogP contribution in [-0.2, 0) is 0 Å². The molecule has 3 aromatic carbocycles. The summed E-state index contributed by atoms with van der Waals surface area (Å²) in [6.07, 6.45) is 0. The minimum Gasteiger partial charge on any atom is -0.394 e. The number of rotatable bonds is 3. The van der Waals surface area contributed by atoms with Crippen LogP contribution in [0.1, 0.15) is 21.8 Å². The van der Waals surface area contributed by atoms with Gasteiger partial charge in [-0.15, -0.1) is 0 Å². The Morgan fingerprint density at radius 3 is 2.38 bits per heavy atom. The second-order valence-electron chi connectivity index (χ2n) is 8.03. The van der Waals surface area contributed by atoms with Gasteiger partial charge in [-0.1, -0.05) is 36.4 Å². The molecule has 162 valence electrons. The number of halogens is 1. The van der Waals surface area contributed by atoms with Crippen LogP contribution in [0.2, 0.25) is 0 Å². The van der Waals surface area contributed by atoms with Crippen LogP contribution >= 0.6 is 0 Å². The van der Waals surface area contributed by atoms with Crippen molar-refractivity contribution >= 4 is 23.3 Å². The summed E-state index contributed by atoms with van der Waals surface area (Å²) in [5, 5.41) is 12.9. The van der Waals surface area contributed by atoms with Gasteiger partial charge >= 0.3 is 6.03 Å². The van der Waals surface area contributed by atoms with Crippen LogP contribution in [-0.4, -0.2) is 47.2 Å². The molecule has 2 heterocycles. The summed E-state index contributed by atoms with van der Waals surface area (Å²) in [6.45, 7) is 0.139. The zero-order chi connectivity index (χ0) is 22.2. The summed E-state index contributed by atoms with van der Waals surface area (Å²) >= 11 is 0. The molecule has 7 heteroatoms. The molecule has 0 aromatic heterocycles. The molecule has 2 aliphatic rings. The number of para-hydroxylation sites is 1.